The average Bonchev–Trinajstić information content (AvgIpc) is 2.86. The van der Waals surface area contributed by atoms with Crippen LogP contribution in [0, 0.1) is 6.92 Å². The molecule has 5 heteroatoms. The number of aromatic nitrogens is 1. The number of hydrogen-bond donors (Lipinski definition) is 1. The van der Waals surface area contributed by atoms with E-state index < -0.39 is 0 Å². The molecule has 2 aliphatic heterocycles. The van der Waals surface area contributed by atoms with E-state index in [2.05, 4.69) is 26.6 Å². The van der Waals surface area contributed by atoms with Gasteiger partial charge in [0.25, 0.3) is 5.91 Å². The van der Waals surface area contributed by atoms with Crippen molar-refractivity contribution in [2.75, 3.05) is 16.8 Å². The van der Waals surface area contributed by atoms with Gasteiger partial charge >= 0.3 is 0 Å². The molecule has 19 heavy (non-hydrogen) atoms. The molecule has 4 rings (SSSR count). The van der Waals surface area contributed by atoms with Crippen molar-refractivity contribution >= 4 is 28.7 Å². The van der Waals surface area contributed by atoms with Crippen LogP contribution < -0.4 is 10.2 Å². The highest BCUT2D eigenvalue weighted by Crippen LogP contribution is 2.42. The molecule has 0 saturated carbocycles. The number of anilines is 2. The first-order valence-electron chi connectivity index (χ1n) is 6.34. The lowest BCUT2D eigenvalue weighted by molar-refractivity contribution is -0.117. The van der Waals surface area contributed by atoms with Gasteiger partial charge in [-0.25, -0.2) is 4.98 Å². The first-order chi connectivity index (χ1) is 9.24. The number of carbonyl (C=O) groups is 1. The molecule has 1 unspecified atom stereocenters. The summed E-state index contributed by atoms with van der Waals surface area (Å²) >= 11 is 1.74. The highest BCUT2D eigenvalue weighted by Gasteiger charge is 2.39. The Morgan fingerprint density at radius 1 is 1.53 bits per heavy atom. The van der Waals surface area contributed by atoms with E-state index in [9.17, 15) is 4.79 Å². The zero-order chi connectivity index (χ0) is 13.0. The number of nitrogens with zero attached hydrogens (tertiary/aromatic N) is 2. The molecule has 1 N–H and O–H groups in total. The molecule has 96 valence electrons. The van der Waals surface area contributed by atoms with Crippen molar-refractivity contribution in [1.29, 1.82) is 0 Å². The number of amides is 1. The number of pyridine rings is 1. The highest BCUT2D eigenvalue weighted by atomic mass is 32.1. The normalized spacial score (nSPS) is 20.4. The van der Waals surface area contributed by atoms with Crippen molar-refractivity contribution in [3.63, 3.8) is 0 Å². The molecule has 0 aromatic carbocycles. The van der Waals surface area contributed by atoms with Gasteiger partial charge in [0, 0.05) is 17.6 Å². The van der Waals surface area contributed by atoms with Crippen molar-refractivity contribution < 1.29 is 4.79 Å². The number of thiophene rings is 1. The third kappa shape index (κ3) is 1.51. The summed E-state index contributed by atoms with van der Waals surface area (Å²) in [5, 5.41) is 5.06. The quantitative estimate of drug-likeness (QED) is 0.800. The number of fused-ring (bicyclic) bond motifs is 5. The fourth-order valence-corrected chi connectivity index (χ4v) is 3.82. The Kier molecular flexibility index (Phi) is 2.20. The molecule has 0 radical (unpaired) electrons. The van der Waals surface area contributed by atoms with Crippen molar-refractivity contribution in [1.82, 2.24) is 4.98 Å². The monoisotopic (exact) mass is 271 g/mol. The molecule has 0 saturated heterocycles. The molecule has 2 aromatic rings. The third-order valence-electron chi connectivity index (χ3n) is 3.75. The summed E-state index contributed by atoms with van der Waals surface area (Å²) in [6, 6.07) is 3.84. The summed E-state index contributed by atoms with van der Waals surface area (Å²) in [6.45, 7) is 2.84. The molecule has 1 atom stereocenters. The predicted molar refractivity (Wildman–Crippen MR) is 75.7 cm³/mol. The molecule has 0 aliphatic carbocycles. The van der Waals surface area contributed by atoms with E-state index in [-0.39, 0.29) is 11.9 Å². The summed E-state index contributed by atoms with van der Waals surface area (Å²) in [5.74, 6) is 0.950. The van der Waals surface area contributed by atoms with Gasteiger partial charge in [0.1, 0.15) is 6.04 Å². The summed E-state index contributed by atoms with van der Waals surface area (Å²) in [7, 11) is 0. The Labute approximate surface area is 115 Å². The van der Waals surface area contributed by atoms with E-state index in [1.165, 1.54) is 4.88 Å². The van der Waals surface area contributed by atoms with Crippen molar-refractivity contribution in [2.24, 2.45) is 0 Å². The number of rotatable bonds is 0. The number of nitrogens with one attached hydrogen (secondary N) is 1. The Hall–Kier alpha value is -1.88. The molecule has 4 nitrogen and oxygen atoms in total. The Morgan fingerprint density at radius 2 is 2.42 bits per heavy atom. The van der Waals surface area contributed by atoms with Crippen molar-refractivity contribution in [3.05, 3.63) is 39.7 Å². The molecule has 1 amide bonds. The van der Waals surface area contributed by atoms with Crippen LogP contribution in [0.15, 0.2) is 23.7 Å². The van der Waals surface area contributed by atoms with Crippen LogP contribution in [0.2, 0.25) is 0 Å². The lowest BCUT2D eigenvalue weighted by atomic mass is 9.97. The van der Waals surface area contributed by atoms with Crippen LogP contribution in [0.25, 0.3) is 0 Å². The van der Waals surface area contributed by atoms with E-state index in [0.717, 1.165) is 35.6 Å². The lowest BCUT2D eigenvalue weighted by Gasteiger charge is -2.40. The van der Waals surface area contributed by atoms with Gasteiger partial charge in [0.05, 0.1) is 5.69 Å². The van der Waals surface area contributed by atoms with Gasteiger partial charge in [0.15, 0.2) is 5.82 Å². The van der Waals surface area contributed by atoms with E-state index in [1.807, 2.05) is 19.2 Å². The van der Waals surface area contributed by atoms with Crippen LogP contribution in [0.5, 0.6) is 0 Å². The average molecular weight is 271 g/mol. The van der Waals surface area contributed by atoms with Crippen LogP contribution in [-0.4, -0.2) is 17.4 Å². The fourth-order valence-electron chi connectivity index (χ4n) is 2.91. The van der Waals surface area contributed by atoms with Crippen LogP contribution in [0.4, 0.5) is 11.5 Å². The predicted octanol–water partition coefficient (Wildman–Crippen LogP) is 2.51. The summed E-state index contributed by atoms with van der Waals surface area (Å²) in [4.78, 5) is 20.4. The van der Waals surface area contributed by atoms with Gasteiger partial charge in [0.2, 0.25) is 0 Å². The largest absolute Gasteiger partial charge is 0.339 e. The maximum atomic E-state index is 12.4. The Bertz CT molecular complexity index is 679. The fraction of sp³-hybridized carbons (Fsp3) is 0.286. The number of aryl methyl sites for hydroxylation is 1. The zero-order valence-electron chi connectivity index (χ0n) is 10.5. The maximum Gasteiger partial charge on any atom is 0.251 e. The zero-order valence-corrected chi connectivity index (χ0v) is 11.3. The van der Waals surface area contributed by atoms with E-state index in [4.69, 9.17) is 0 Å². The Morgan fingerprint density at radius 3 is 3.32 bits per heavy atom. The molecule has 0 bridgehead atoms. The van der Waals surface area contributed by atoms with Gasteiger partial charge < -0.3 is 10.2 Å². The smallest absolute Gasteiger partial charge is 0.251 e. The van der Waals surface area contributed by atoms with Crippen LogP contribution >= 0.6 is 11.3 Å². The molecular formula is C14H13N3OS. The second-order valence-corrected chi connectivity index (χ2v) is 6.02. The van der Waals surface area contributed by atoms with Crippen molar-refractivity contribution in [2.45, 2.75) is 19.4 Å². The van der Waals surface area contributed by atoms with E-state index >= 15 is 0 Å². The number of hydrogen-bond acceptors (Lipinski definition) is 4. The van der Waals surface area contributed by atoms with Crippen LogP contribution in [-0.2, 0) is 11.2 Å². The molecule has 0 spiro atoms. The summed E-state index contributed by atoms with van der Waals surface area (Å²) < 4.78 is 0. The van der Waals surface area contributed by atoms with Gasteiger partial charge in [-0.3, -0.25) is 4.79 Å². The second-order valence-electron chi connectivity index (χ2n) is 5.02. The highest BCUT2D eigenvalue weighted by molar-refractivity contribution is 7.10. The molecule has 2 aromatic heterocycles. The minimum absolute atomic E-state index is 0.0549. The van der Waals surface area contributed by atoms with E-state index in [1.54, 1.807) is 11.3 Å². The van der Waals surface area contributed by atoms with Crippen LogP contribution in [0.3, 0.4) is 0 Å². The molecular weight excluding hydrogens is 258 g/mol. The number of carbonyl (C=O) groups excluding carboxylic acids is 1. The topological polar surface area (TPSA) is 45.2 Å². The third-order valence-corrected chi connectivity index (χ3v) is 4.74. The van der Waals surface area contributed by atoms with Gasteiger partial charge in [-0.05, 0) is 42.0 Å². The molecule has 2 aliphatic rings. The lowest BCUT2D eigenvalue weighted by Crippen LogP contribution is -2.45. The minimum atomic E-state index is -0.210. The van der Waals surface area contributed by atoms with Crippen LogP contribution in [0.1, 0.15) is 22.0 Å². The standard InChI is InChI=1S/C14H13N3OS/c1-8-6-10-13(15-7-8)17-4-2-11-9(3-5-19-11)12(17)14(18)16-10/h3,5-7,12H,2,4H2,1H3,(H,16,18). The van der Waals surface area contributed by atoms with E-state index in [0.29, 0.717) is 0 Å². The van der Waals surface area contributed by atoms with Gasteiger partial charge in [-0.1, -0.05) is 0 Å². The minimum Gasteiger partial charge on any atom is -0.339 e. The SMILES string of the molecule is Cc1cnc2c(c1)NC(=O)C1c3ccsc3CCN21. The maximum absolute atomic E-state index is 12.4. The Balaban J connectivity index is 1.88. The molecule has 4 heterocycles. The summed E-state index contributed by atoms with van der Waals surface area (Å²) in [5.41, 5.74) is 3.03. The van der Waals surface area contributed by atoms with Crippen molar-refractivity contribution in [3.8, 4) is 0 Å². The first-order valence-corrected chi connectivity index (χ1v) is 7.22. The first kappa shape index (κ1) is 11.0. The van der Waals surface area contributed by atoms with Gasteiger partial charge in [-0.2, -0.15) is 0 Å². The second kappa shape index (κ2) is 3.81. The molecule has 0 fully saturated rings. The van der Waals surface area contributed by atoms with Gasteiger partial charge in [-0.15, -0.1) is 11.3 Å². The summed E-state index contributed by atoms with van der Waals surface area (Å²) in [6.07, 6.45) is 2.85.